The molecule has 1 fully saturated rings. The van der Waals surface area contributed by atoms with E-state index in [1.807, 2.05) is 35.2 Å². The third-order valence-corrected chi connectivity index (χ3v) is 5.32. The predicted octanol–water partition coefficient (Wildman–Crippen LogP) is 4.65. The number of phenolic OH excluding ortho intramolecular Hbond substituents is 1. The summed E-state index contributed by atoms with van der Waals surface area (Å²) in [5.41, 5.74) is 2.17. The summed E-state index contributed by atoms with van der Waals surface area (Å²) in [6.07, 6.45) is 1.63. The molecule has 4 nitrogen and oxygen atoms in total. The Morgan fingerprint density at radius 3 is 2.65 bits per heavy atom. The number of nitrogens with one attached hydrogen (secondary N) is 1. The van der Waals surface area contributed by atoms with Gasteiger partial charge in [0.05, 0.1) is 10.0 Å². The Morgan fingerprint density at radius 1 is 1.17 bits per heavy atom. The number of para-hydroxylation sites is 1. The number of anilines is 1. The summed E-state index contributed by atoms with van der Waals surface area (Å²) < 4.78 is 1.45. The van der Waals surface area contributed by atoms with E-state index in [0.29, 0.717) is 15.6 Å². The molecule has 0 aromatic heterocycles. The van der Waals surface area contributed by atoms with Crippen LogP contribution in [0.1, 0.15) is 34.9 Å². The highest BCUT2D eigenvalue weighted by molar-refractivity contribution is 9.11. The molecule has 1 aliphatic carbocycles. The van der Waals surface area contributed by atoms with Crippen LogP contribution in [0.5, 0.6) is 5.75 Å². The quantitative estimate of drug-likeness (QED) is 0.719. The molecule has 0 saturated heterocycles. The van der Waals surface area contributed by atoms with Crippen molar-refractivity contribution >= 4 is 43.5 Å². The number of nitrogens with zero attached hydrogens (tertiary/aromatic N) is 1. The van der Waals surface area contributed by atoms with Gasteiger partial charge in [0, 0.05) is 21.8 Å². The Labute approximate surface area is 150 Å². The highest BCUT2D eigenvalue weighted by atomic mass is 79.9. The van der Waals surface area contributed by atoms with Crippen LogP contribution in [-0.4, -0.2) is 22.0 Å². The van der Waals surface area contributed by atoms with E-state index in [2.05, 4.69) is 37.2 Å². The van der Waals surface area contributed by atoms with Crippen LogP contribution in [0.4, 0.5) is 5.69 Å². The molecule has 118 valence electrons. The fraction of sp³-hybridized carbons (Fsp3) is 0.235. The second-order valence-electron chi connectivity index (χ2n) is 5.86. The van der Waals surface area contributed by atoms with Gasteiger partial charge in [0.25, 0.3) is 5.91 Å². The van der Waals surface area contributed by atoms with Gasteiger partial charge >= 0.3 is 0 Å². The van der Waals surface area contributed by atoms with Gasteiger partial charge in [-0.1, -0.05) is 28.1 Å². The second kappa shape index (κ2) is 5.53. The fourth-order valence-electron chi connectivity index (χ4n) is 3.02. The van der Waals surface area contributed by atoms with E-state index in [1.165, 1.54) is 0 Å². The van der Waals surface area contributed by atoms with Crippen LogP contribution in [0.25, 0.3) is 0 Å². The lowest BCUT2D eigenvalue weighted by Crippen LogP contribution is -2.44. The van der Waals surface area contributed by atoms with Gasteiger partial charge in [0.15, 0.2) is 0 Å². The molecule has 23 heavy (non-hydrogen) atoms. The first-order chi connectivity index (χ1) is 11.1. The molecule has 1 heterocycles. The summed E-state index contributed by atoms with van der Waals surface area (Å²) in [5, 5.41) is 13.9. The number of carbonyl (C=O) groups is 1. The van der Waals surface area contributed by atoms with Gasteiger partial charge in [-0.15, -0.1) is 0 Å². The van der Waals surface area contributed by atoms with Gasteiger partial charge in [0.1, 0.15) is 11.9 Å². The second-order valence-corrected chi connectivity index (χ2v) is 7.63. The Kier molecular flexibility index (Phi) is 3.61. The van der Waals surface area contributed by atoms with Crippen molar-refractivity contribution in [2.75, 3.05) is 5.32 Å². The summed E-state index contributed by atoms with van der Waals surface area (Å²) in [6.45, 7) is 0. The lowest BCUT2D eigenvalue weighted by atomic mass is 10.0. The third-order valence-electron chi connectivity index (χ3n) is 4.25. The molecule has 1 saturated carbocycles. The van der Waals surface area contributed by atoms with Gasteiger partial charge in [-0.2, -0.15) is 0 Å². The Balaban J connectivity index is 1.86. The maximum Gasteiger partial charge on any atom is 0.258 e. The molecule has 2 aliphatic rings. The van der Waals surface area contributed by atoms with Crippen molar-refractivity contribution in [2.24, 2.45) is 0 Å². The zero-order chi connectivity index (χ0) is 16.1. The number of amides is 1. The smallest absolute Gasteiger partial charge is 0.258 e. The van der Waals surface area contributed by atoms with E-state index in [9.17, 15) is 9.90 Å². The van der Waals surface area contributed by atoms with E-state index in [0.717, 1.165) is 23.0 Å². The number of fused-ring (bicyclic) bond motifs is 1. The molecule has 4 rings (SSSR count). The molecule has 1 aliphatic heterocycles. The number of hydrogen-bond acceptors (Lipinski definition) is 3. The molecule has 2 aromatic rings. The van der Waals surface area contributed by atoms with Crippen molar-refractivity contribution in [2.45, 2.75) is 25.0 Å². The summed E-state index contributed by atoms with van der Waals surface area (Å²) in [4.78, 5) is 14.8. The minimum absolute atomic E-state index is 0.0161. The van der Waals surface area contributed by atoms with E-state index < -0.39 is 0 Å². The molecular weight excluding hydrogens is 424 g/mol. The first-order valence-corrected chi connectivity index (χ1v) is 9.01. The molecule has 2 aromatic carbocycles. The first kappa shape index (κ1) is 15.0. The van der Waals surface area contributed by atoms with Crippen LogP contribution >= 0.6 is 31.9 Å². The van der Waals surface area contributed by atoms with E-state index >= 15 is 0 Å². The predicted molar refractivity (Wildman–Crippen MR) is 95.5 cm³/mol. The molecule has 2 N–H and O–H groups in total. The van der Waals surface area contributed by atoms with Crippen molar-refractivity contribution in [3.63, 3.8) is 0 Å². The van der Waals surface area contributed by atoms with Gasteiger partial charge in [-0.3, -0.25) is 4.79 Å². The summed E-state index contributed by atoms with van der Waals surface area (Å²) >= 11 is 6.83. The maximum atomic E-state index is 12.9. The van der Waals surface area contributed by atoms with Crippen LogP contribution in [0.15, 0.2) is 45.3 Å². The summed E-state index contributed by atoms with van der Waals surface area (Å²) in [7, 11) is 0. The van der Waals surface area contributed by atoms with E-state index in [4.69, 9.17) is 0 Å². The van der Waals surface area contributed by atoms with E-state index in [-0.39, 0.29) is 23.9 Å². The average Bonchev–Trinajstić information content (AvgIpc) is 3.35. The minimum Gasteiger partial charge on any atom is -0.506 e. The number of hydrogen-bond donors (Lipinski definition) is 2. The third kappa shape index (κ3) is 2.54. The Bertz CT molecular complexity index is 805. The van der Waals surface area contributed by atoms with E-state index in [1.54, 1.807) is 6.07 Å². The highest BCUT2D eigenvalue weighted by Gasteiger charge is 2.43. The maximum absolute atomic E-state index is 12.9. The first-order valence-electron chi connectivity index (χ1n) is 7.42. The summed E-state index contributed by atoms with van der Waals surface area (Å²) in [6, 6.07) is 11.4. The highest BCUT2D eigenvalue weighted by Crippen LogP contribution is 2.44. The molecular formula is C17H14Br2N2O2. The molecule has 0 radical (unpaired) electrons. The fourth-order valence-corrected chi connectivity index (χ4v) is 4.28. The van der Waals surface area contributed by atoms with Crippen molar-refractivity contribution in [3.8, 4) is 5.75 Å². The molecule has 0 spiro atoms. The van der Waals surface area contributed by atoms with Gasteiger partial charge in [0.2, 0.25) is 0 Å². The number of benzene rings is 2. The largest absolute Gasteiger partial charge is 0.506 e. The van der Waals surface area contributed by atoms with Crippen molar-refractivity contribution in [1.82, 2.24) is 4.90 Å². The minimum atomic E-state index is -0.376. The van der Waals surface area contributed by atoms with Crippen molar-refractivity contribution < 1.29 is 9.90 Å². The van der Waals surface area contributed by atoms with Crippen molar-refractivity contribution in [3.05, 3.63) is 56.5 Å². The Morgan fingerprint density at radius 2 is 1.91 bits per heavy atom. The standard InChI is InChI=1S/C17H14Br2N2O2/c18-9-7-12(15(22)13(19)8-9)16-20-14-4-2-1-3-11(14)17(23)21(16)10-5-6-10/h1-4,7-8,10,16,20,22H,5-6H2/t16-/m1/s1. The molecule has 1 amide bonds. The SMILES string of the molecule is O=C1c2ccccc2N[C@@H](c2cc(Br)cc(Br)c2O)N1C1CC1. The number of aromatic hydroxyl groups is 1. The van der Waals surface area contributed by atoms with Crippen LogP contribution in [0.3, 0.4) is 0 Å². The zero-order valence-corrected chi connectivity index (χ0v) is 15.3. The van der Waals surface area contributed by atoms with Crippen LogP contribution in [0.2, 0.25) is 0 Å². The number of carbonyl (C=O) groups excluding carboxylic acids is 1. The topological polar surface area (TPSA) is 52.6 Å². The van der Waals surface area contributed by atoms with Gasteiger partial charge in [-0.05, 0) is 53.0 Å². The monoisotopic (exact) mass is 436 g/mol. The Hall–Kier alpha value is -1.53. The zero-order valence-electron chi connectivity index (χ0n) is 12.1. The van der Waals surface area contributed by atoms with Crippen LogP contribution < -0.4 is 5.32 Å². The van der Waals surface area contributed by atoms with Crippen LogP contribution in [-0.2, 0) is 0 Å². The normalized spacial score (nSPS) is 20.2. The number of phenols is 1. The molecule has 0 unspecified atom stereocenters. The summed E-state index contributed by atoms with van der Waals surface area (Å²) in [5.74, 6) is 0.172. The number of halogens is 2. The number of rotatable bonds is 2. The van der Waals surface area contributed by atoms with Gasteiger partial charge in [-0.25, -0.2) is 0 Å². The van der Waals surface area contributed by atoms with Crippen LogP contribution in [0, 0.1) is 0 Å². The molecule has 1 atom stereocenters. The van der Waals surface area contributed by atoms with Gasteiger partial charge < -0.3 is 15.3 Å². The average molecular weight is 438 g/mol. The molecule has 6 heteroatoms. The lowest BCUT2D eigenvalue weighted by molar-refractivity contribution is 0.0664. The molecule has 0 bridgehead atoms. The van der Waals surface area contributed by atoms with Crippen molar-refractivity contribution in [1.29, 1.82) is 0 Å². The lowest BCUT2D eigenvalue weighted by Gasteiger charge is -2.38.